The van der Waals surface area contributed by atoms with Crippen LogP contribution in [0, 0.1) is 28.6 Å². The Morgan fingerprint density at radius 3 is 2.82 bits per heavy atom. The van der Waals surface area contributed by atoms with Gasteiger partial charge in [0.05, 0.1) is 6.07 Å². The molecule has 0 heterocycles. The van der Waals surface area contributed by atoms with Gasteiger partial charge >= 0.3 is 0 Å². The first-order chi connectivity index (χ1) is 8.24. The molecule has 1 N–H and O–H groups in total. The van der Waals surface area contributed by atoms with Gasteiger partial charge < -0.3 is 5.32 Å². The predicted molar refractivity (Wildman–Crippen MR) is 70.5 cm³/mol. The number of hydrogen-bond acceptors (Lipinski definition) is 2. The minimum Gasteiger partial charge on any atom is -0.316 e. The van der Waals surface area contributed by atoms with E-state index >= 15 is 0 Å². The molecule has 2 atom stereocenters. The molecule has 0 aromatic heterocycles. The molecule has 0 bridgehead atoms. The first-order valence-corrected chi connectivity index (χ1v) is 7.32. The Morgan fingerprint density at radius 2 is 2.18 bits per heavy atom. The van der Waals surface area contributed by atoms with Crippen LogP contribution >= 0.6 is 0 Å². The molecule has 0 spiro atoms. The van der Waals surface area contributed by atoms with Crippen molar-refractivity contribution >= 4 is 0 Å². The van der Waals surface area contributed by atoms with Crippen LogP contribution in [0.1, 0.15) is 58.3 Å². The van der Waals surface area contributed by atoms with Crippen molar-refractivity contribution in [2.45, 2.75) is 58.3 Å². The molecule has 0 aliphatic heterocycles. The lowest BCUT2D eigenvalue weighted by molar-refractivity contribution is 0.265. The number of rotatable bonds is 6. The zero-order valence-electron chi connectivity index (χ0n) is 11.2. The average molecular weight is 234 g/mol. The third-order valence-electron chi connectivity index (χ3n) is 4.69. The van der Waals surface area contributed by atoms with E-state index in [2.05, 4.69) is 18.3 Å². The molecule has 0 aromatic carbocycles. The molecular weight excluding hydrogens is 208 g/mol. The van der Waals surface area contributed by atoms with Crippen LogP contribution in [-0.2, 0) is 0 Å². The molecule has 0 aromatic rings. The van der Waals surface area contributed by atoms with E-state index in [0.29, 0.717) is 5.41 Å². The van der Waals surface area contributed by atoms with Crippen molar-refractivity contribution in [3.8, 4) is 6.07 Å². The molecule has 2 aliphatic rings. The van der Waals surface area contributed by atoms with Gasteiger partial charge in [-0.05, 0) is 49.5 Å². The summed E-state index contributed by atoms with van der Waals surface area (Å²) in [7, 11) is 0. The van der Waals surface area contributed by atoms with Crippen LogP contribution in [0.5, 0.6) is 0 Å². The van der Waals surface area contributed by atoms with Crippen LogP contribution < -0.4 is 5.32 Å². The van der Waals surface area contributed by atoms with Crippen molar-refractivity contribution in [1.29, 1.82) is 5.26 Å². The average Bonchev–Trinajstić information content (AvgIpc) is 3.06. The zero-order valence-corrected chi connectivity index (χ0v) is 11.2. The van der Waals surface area contributed by atoms with E-state index in [-0.39, 0.29) is 0 Å². The quantitative estimate of drug-likeness (QED) is 0.714. The van der Waals surface area contributed by atoms with Gasteiger partial charge in [-0.1, -0.05) is 26.2 Å². The van der Waals surface area contributed by atoms with Crippen LogP contribution in [0.15, 0.2) is 0 Å². The fourth-order valence-electron chi connectivity index (χ4n) is 3.24. The van der Waals surface area contributed by atoms with E-state index in [1.807, 2.05) is 0 Å². The van der Waals surface area contributed by atoms with E-state index < -0.39 is 0 Å². The van der Waals surface area contributed by atoms with Gasteiger partial charge in [-0.25, -0.2) is 0 Å². The second-order valence-electron chi connectivity index (χ2n) is 6.44. The fourth-order valence-corrected chi connectivity index (χ4v) is 3.24. The highest BCUT2D eigenvalue weighted by molar-refractivity contribution is 5.00. The van der Waals surface area contributed by atoms with Crippen LogP contribution in [0.2, 0.25) is 0 Å². The Hall–Kier alpha value is -0.550. The highest BCUT2D eigenvalue weighted by Crippen LogP contribution is 2.47. The Morgan fingerprint density at radius 1 is 1.35 bits per heavy atom. The molecule has 0 saturated heterocycles. The molecule has 2 fully saturated rings. The number of nitrogens with one attached hydrogen (secondary N) is 1. The Kier molecular flexibility index (Phi) is 4.45. The summed E-state index contributed by atoms with van der Waals surface area (Å²) in [4.78, 5) is 0. The van der Waals surface area contributed by atoms with E-state index in [0.717, 1.165) is 31.3 Å². The van der Waals surface area contributed by atoms with Crippen molar-refractivity contribution < 1.29 is 0 Å². The Balaban J connectivity index is 1.56. The summed E-state index contributed by atoms with van der Waals surface area (Å²) in [5.74, 6) is 1.90. The van der Waals surface area contributed by atoms with Crippen LogP contribution in [0.3, 0.4) is 0 Å². The fraction of sp³-hybridized carbons (Fsp3) is 0.933. The molecule has 2 aliphatic carbocycles. The zero-order chi connectivity index (χ0) is 12.1. The number of hydrogen-bond donors (Lipinski definition) is 1. The minimum absolute atomic E-state index is 0.370. The van der Waals surface area contributed by atoms with E-state index in [9.17, 15) is 0 Å². The number of nitriles is 1. The highest BCUT2D eigenvalue weighted by atomic mass is 14.9. The summed E-state index contributed by atoms with van der Waals surface area (Å²) in [5.41, 5.74) is 0.370. The monoisotopic (exact) mass is 234 g/mol. The first kappa shape index (κ1) is 12.9. The highest BCUT2D eigenvalue weighted by Gasteiger charge is 2.41. The normalized spacial score (nSPS) is 30.8. The minimum atomic E-state index is 0.370. The first-order valence-electron chi connectivity index (χ1n) is 7.32. The second kappa shape index (κ2) is 5.87. The van der Waals surface area contributed by atoms with Gasteiger partial charge in [0.15, 0.2) is 0 Å². The third kappa shape index (κ3) is 4.00. The summed E-state index contributed by atoms with van der Waals surface area (Å²) in [6.07, 6.45) is 10.4. The summed E-state index contributed by atoms with van der Waals surface area (Å²) in [5, 5.41) is 12.3. The van der Waals surface area contributed by atoms with Gasteiger partial charge in [0, 0.05) is 13.0 Å². The van der Waals surface area contributed by atoms with E-state index in [1.54, 1.807) is 0 Å². The van der Waals surface area contributed by atoms with Crippen molar-refractivity contribution in [3.63, 3.8) is 0 Å². The van der Waals surface area contributed by atoms with Gasteiger partial charge in [0.25, 0.3) is 0 Å². The van der Waals surface area contributed by atoms with Crippen molar-refractivity contribution in [2.75, 3.05) is 13.1 Å². The lowest BCUT2D eigenvalue weighted by Crippen LogP contribution is -2.27. The topological polar surface area (TPSA) is 35.8 Å². The van der Waals surface area contributed by atoms with Crippen LogP contribution in [0.25, 0.3) is 0 Å². The lowest BCUT2D eigenvalue weighted by atomic mass is 9.81. The molecule has 2 unspecified atom stereocenters. The van der Waals surface area contributed by atoms with Crippen LogP contribution in [-0.4, -0.2) is 13.1 Å². The molecule has 0 amide bonds. The smallest absolute Gasteiger partial charge is 0.0628 e. The third-order valence-corrected chi connectivity index (χ3v) is 4.69. The maximum Gasteiger partial charge on any atom is 0.0628 e. The molecule has 0 radical (unpaired) electrons. The van der Waals surface area contributed by atoms with Crippen molar-refractivity contribution in [2.24, 2.45) is 17.3 Å². The van der Waals surface area contributed by atoms with Crippen LogP contribution in [0.4, 0.5) is 0 Å². The van der Waals surface area contributed by atoms with Crippen molar-refractivity contribution in [3.05, 3.63) is 0 Å². The van der Waals surface area contributed by atoms with E-state index in [4.69, 9.17) is 5.26 Å². The molecular formula is C15H26N2. The summed E-state index contributed by atoms with van der Waals surface area (Å²) in [6, 6.07) is 2.33. The Bertz CT molecular complexity index is 275. The molecule has 2 nitrogen and oxygen atoms in total. The predicted octanol–water partition coefficient (Wildman–Crippen LogP) is 3.49. The molecule has 2 rings (SSSR count). The molecule has 2 saturated carbocycles. The van der Waals surface area contributed by atoms with Gasteiger partial charge in [-0.3, -0.25) is 0 Å². The lowest BCUT2D eigenvalue weighted by Gasteiger charge is -2.27. The summed E-state index contributed by atoms with van der Waals surface area (Å²) in [6.45, 7) is 4.62. The second-order valence-corrected chi connectivity index (χ2v) is 6.44. The largest absolute Gasteiger partial charge is 0.316 e. The van der Waals surface area contributed by atoms with Gasteiger partial charge in [-0.15, -0.1) is 0 Å². The SMILES string of the molecule is CC1CCCC(CCNCC2(CC#N)CC2)C1. The van der Waals surface area contributed by atoms with Gasteiger partial charge in [0.1, 0.15) is 0 Å². The summed E-state index contributed by atoms with van der Waals surface area (Å²) < 4.78 is 0. The molecule has 96 valence electrons. The maximum atomic E-state index is 8.75. The molecule has 2 heteroatoms. The Labute approximate surface area is 106 Å². The standard InChI is InChI=1S/C15H26N2/c1-13-3-2-4-14(11-13)5-10-17-12-15(6-7-15)8-9-16/h13-14,17H,2-8,10-12H2,1H3. The van der Waals surface area contributed by atoms with E-state index in [1.165, 1.54) is 44.9 Å². The van der Waals surface area contributed by atoms with Gasteiger partial charge in [-0.2, -0.15) is 5.26 Å². The maximum absolute atomic E-state index is 8.75. The number of nitrogens with zero attached hydrogens (tertiary/aromatic N) is 1. The molecule has 17 heavy (non-hydrogen) atoms. The van der Waals surface area contributed by atoms with Crippen molar-refractivity contribution in [1.82, 2.24) is 5.32 Å². The van der Waals surface area contributed by atoms with Gasteiger partial charge in [0.2, 0.25) is 0 Å². The summed E-state index contributed by atoms with van der Waals surface area (Å²) >= 11 is 0.